The van der Waals surface area contributed by atoms with Crippen molar-refractivity contribution in [3.8, 4) is 0 Å². The monoisotopic (exact) mass is 204 g/mol. The fraction of sp³-hybridized carbons (Fsp3) is 0.538. The van der Waals surface area contributed by atoms with Crippen LogP contribution in [0.2, 0.25) is 0 Å². The first-order valence-corrected chi connectivity index (χ1v) is 5.73. The molecule has 0 radical (unpaired) electrons. The molecule has 2 heteroatoms. The molecule has 0 spiro atoms. The number of nitrogens with zero attached hydrogens (tertiary/aromatic N) is 1. The lowest BCUT2D eigenvalue weighted by Gasteiger charge is -2.41. The number of nitrogen functional groups attached to an aromatic ring is 1. The van der Waals surface area contributed by atoms with Crippen LogP contribution in [0.1, 0.15) is 24.5 Å². The number of benzene rings is 1. The highest BCUT2D eigenvalue weighted by Gasteiger charge is 2.26. The van der Waals surface area contributed by atoms with Crippen LogP contribution in [0.15, 0.2) is 12.1 Å². The molecule has 2 rings (SSSR count). The molecule has 1 aromatic rings. The van der Waals surface area contributed by atoms with Gasteiger partial charge in [-0.2, -0.15) is 0 Å². The van der Waals surface area contributed by atoms with Crippen LogP contribution in [0.4, 0.5) is 11.4 Å². The lowest BCUT2D eigenvalue weighted by Crippen LogP contribution is -2.46. The van der Waals surface area contributed by atoms with E-state index in [9.17, 15) is 0 Å². The van der Waals surface area contributed by atoms with Crippen LogP contribution in [0.5, 0.6) is 0 Å². The molecule has 1 aliphatic heterocycles. The molecule has 1 aromatic carbocycles. The smallest absolute Gasteiger partial charge is 0.0416 e. The van der Waals surface area contributed by atoms with Crippen LogP contribution < -0.4 is 10.6 Å². The molecule has 1 saturated heterocycles. The predicted octanol–water partition coefficient (Wildman–Crippen LogP) is 2.73. The summed E-state index contributed by atoms with van der Waals surface area (Å²) in [6.45, 7) is 8.89. The van der Waals surface area contributed by atoms with Gasteiger partial charge in [0.2, 0.25) is 0 Å². The predicted molar refractivity (Wildman–Crippen MR) is 66.3 cm³/mol. The van der Waals surface area contributed by atoms with Crippen molar-refractivity contribution in [2.75, 3.05) is 23.7 Å². The van der Waals surface area contributed by atoms with Crippen molar-refractivity contribution in [1.29, 1.82) is 0 Å². The maximum atomic E-state index is 5.95. The lowest BCUT2D eigenvalue weighted by atomic mass is 9.95. The van der Waals surface area contributed by atoms with E-state index in [1.807, 2.05) is 0 Å². The normalized spacial score (nSPS) is 16.6. The van der Waals surface area contributed by atoms with Crippen molar-refractivity contribution in [3.05, 3.63) is 23.3 Å². The number of nitrogens with two attached hydrogens (primary N) is 1. The Bertz CT molecular complexity index is 365. The highest BCUT2D eigenvalue weighted by molar-refractivity contribution is 5.65. The van der Waals surface area contributed by atoms with E-state index in [2.05, 4.69) is 37.8 Å². The summed E-state index contributed by atoms with van der Waals surface area (Å²) in [5.41, 5.74) is 10.7. The first kappa shape index (κ1) is 10.3. The first-order chi connectivity index (χ1) is 7.11. The molecular formula is C13H20N2. The van der Waals surface area contributed by atoms with Gasteiger partial charge < -0.3 is 10.6 Å². The van der Waals surface area contributed by atoms with E-state index in [0.717, 1.165) is 11.6 Å². The second kappa shape index (κ2) is 3.76. The Morgan fingerprint density at radius 2 is 1.93 bits per heavy atom. The molecule has 0 aromatic heterocycles. The average molecular weight is 204 g/mol. The van der Waals surface area contributed by atoms with E-state index >= 15 is 0 Å². The zero-order chi connectivity index (χ0) is 11.0. The van der Waals surface area contributed by atoms with Crippen LogP contribution in [0, 0.1) is 19.8 Å². The van der Waals surface area contributed by atoms with Crippen LogP contribution in [0.3, 0.4) is 0 Å². The van der Waals surface area contributed by atoms with Gasteiger partial charge in [0.15, 0.2) is 0 Å². The first-order valence-electron chi connectivity index (χ1n) is 5.73. The minimum Gasteiger partial charge on any atom is -0.398 e. The summed E-state index contributed by atoms with van der Waals surface area (Å²) in [4.78, 5) is 2.43. The molecule has 0 atom stereocenters. The number of rotatable bonds is 2. The molecule has 0 saturated carbocycles. The summed E-state index contributed by atoms with van der Waals surface area (Å²) in [6, 6.07) is 4.31. The fourth-order valence-electron chi connectivity index (χ4n) is 2.22. The zero-order valence-corrected chi connectivity index (χ0v) is 9.88. The quantitative estimate of drug-likeness (QED) is 0.750. The van der Waals surface area contributed by atoms with Crippen molar-refractivity contribution in [2.24, 2.45) is 5.92 Å². The lowest BCUT2D eigenvalue weighted by molar-refractivity contribution is 0.398. The van der Waals surface area contributed by atoms with E-state index in [1.165, 1.54) is 36.3 Å². The van der Waals surface area contributed by atoms with Gasteiger partial charge in [-0.15, -0.1) is 0 Å². The maximum Gasteiger partial charge on any atom is 0.0416 e. The van der Waals surface area contributed by atoms with Gasteiger partial charge in [0.1, 0.15) is 0 Å². The molecule has 0 bridgehead atoms. The molecule has 82 valence electrons. The van der Waals surface area contributed by atoms with E-state index in [0.29, 0.717) is 0 Å². The molecule has 0 amide bonds. The van der Waals surface area contributed by atoms with Gasteiger partial charge in [-0.1, -0.05) is 13.0 Å². The van der Waals surface area contributed by atoms with Gasteiger partial charge in [0, 0.05) is 24.5 Å². The fourth-order valence-corrected chi connectivity index (χ4v) is 2.22. The average Bonchev–Trinajstić information content (AvgIpc) is 2.12. The van der Waals surface area contributed by atoms with E-state index in [-0.39, 0.29) is 0 Å². The van der Waals surface area contributed by atoms with Crippen LogP contribution in [0.25, 0.3) is 0 Å². The Kier molecular flexibility index (Phi) is 2.59. The SMILES string of the molecule is CCC1CN(c2cc(N)c(C)cc2C)C1. The van der Waals surface area contributed by atoms with Crippen molar-refractivity contribution < 1.29 is 0 Å². The number of anilines is 2. The molecular weight excluding hydrogens is 184 g/mol. The molecule has 0 unspecified atom stereocenters. The molecule has 2 nitrogen and oxygen atoms in total. The number of hydrogen-bond donors (Lipinski definition) is 1. The van der Waals surface area contributed by atoms with Crippen molar-refractivity contribution in [3.63, 3.8) is 0 Å². The summed E-state index contributed by atoms with van der Waals surface area (Å²) in [5, 5.41) is 0. The highest BCUT2D eigenvalue weighted by atomic mass is 15.2. The third-order valence-electron chi connectivity index (χ3n) is 3.46. The van der Waals surface area contributed by atoms with Gasteiger partial charge in [-0.25, -0.2) is 0 Å². The summed E-state index contributed by atoms with van der Waals surface area (Å²) in [7, 11) is 0. The number of hydrogen-bond acceptors (Lipinski definition) is 2. The zero-order valence-electron chi connectivity index (χ0n) is 9.88. The topological polar surface area (TPSA) is 29.3 Å². The minimum atomic E-state index is 0.881. The van der Waals surface area contributed by atoms with Gasteiger partial charge in [0.05, 0.1) is 0 Å². The van der Waals surface area contributed by atoms with Gasteiger partial charge in [0.25, 0.3) is 0 Å². The molecule has 1 fully saturated rings. The highest BCUT2D eigenvalue weighted by Crippen LogP contribution is 2.31. The second-order valence-electron chi connectivity index (χ2n) is 4.67. The van der Waals surface area contributed by atoms with Crippen molar-refractivity contribution in [1.82, 2.24) is 0 Å². The number of aryl methyl sites for hydroxylation is 2. The molecule has 2 N–H and O–H groups in total. The Morgan fingerprint density at radius 1 is 1.27 bits per heavy atom. The van der Waals surface area contributed by atoms with E-state index < -0.39 is 0 Å². The Morgan fingerprint density at radius 3 is 2.53 bits per heavy atom. The maximum absolute atomic E-state index is 5.95. The van der Waals surface area contributed by atoms with Crippen LogP contribution in [-0.4, -0.2) is 13.1 Å². The minimum absolute atomic E-state index is 0.881. The standard InChI is InChI=1S/C13H20N2/c1-4-11-7-15(8-11)13-6-12(14)9(2)5-10(13)3/h5-6,11H,4,7-8,14H2,1-3H3. The molecule has 0 aliphatic carbocycles. The largest absolute Gasteiger partial charge is 0.398 e. The van der Waals surface area contributed by atoms with Crippen LogP contribution in [-0.2, 0) is 0 Å². The molecule has 1 heterocycles. The van der Waals surface area contributed by atoms with Crippen molar-refractivity contribution in [2.45, 2.75) is 27.2 Å². The second-order valence-corrected chi connectivity index (χ2v) is 4.67. The van der Waals surface area contributed by atoms with E-state index in [4.69, 9.17) is 5.73 Å². The van der Waals surface area contributed by atoms with Gasteiger partial charge in [-0.3, -0.25) is 0 Å². The van der Waals surface area contributed by atoms with E-state index in [1.54, 1.807) is 0 Å². The Balaban J connectivity index is 2.19. The van der Waals surface area contributed by atoms with Gasteiger partial charge >= 0.3 is 0 Å². The third-order valence-corrected chi connectivity index (χ3v) is 3.46. The van der Waals surface area contributed by atoms with Crippen LogP contribution >= 0.6 is 0 Å². The molecule has 15 heavy (non-hydrogen) atoms. The summed E-state index contributed by atoms with van der Waals surface area (Å²) in [6.07, 6.45) is 1.29. The summed E-state index contributed by atoms with van der Waals surface area (Å²) < 4.78 is 0. The third kappa shape index (κ3) is 1.81. The summed E-state index contributed by atoms with van der Waals surface area (Å²) >= 11 is 0. The van der Waals surface area contributed by atoms with Crippen molar-refractivity contribution >= 4 is 11.4 Å². The molecule has 1 aliphatic rings. The Hall–Kier alpha value is -1.18. The summed E-state index contributed by atoms with van der Waals surface area (Å²) in [5.74, 6) is 0.881. The Labute approximate surface area is 92.1 Å². The van der Waals surface area contributed by atoms with Gasteiger partial charge in [-0.05, 0) is 43.4 Å².